The number of hydrogen-bond acceptors (Lipinski definition) is 6. The second-order valence-electron chi connectivity index (χ2n) is 7.17. The lowest BCUT2D eigenvalue weighted by atomic mass is 9.98. The summed E-state index contributed by atoms with van der Waals surface area (Å²) in [6.45, 7) is 4.34. The molecule has 0 bridgehead atoms. The molecule has 0 unspecified atom stereocenters. The Labute approximate surface area is 190 Å². The van der Waals surface area contributed by atoms with Gasteiger partial charge in [-0.2, -0.15) is 0 Å². The molecule has 0 N–H and O–H groups in total. The maximum atomic E-state index is 13.6. The molecule has 8 heteroatoms. The number of benzene rings is 2. The summed E-state index contributed by atoms with van der Waals surface area (Å²) in [7, 11) is 0. The summed E-state index contributed by atoms with van der Waals surface area (Å²) in [6, 6.07) is 12.0. The first-order valence-electron chi connectivity index (χ1n) is 9.72. The number of halogens is 1. The van der Waals surface area contributed by atoms with E-state index < -0.39 is 6.04 Å². The summed E-state index contributed by atoms with van der Waals surface area (Å²) in [5.41, 5.74) is 2.07. The Morgan fingerprint density at radius 2 is 1.97 bits per heavy atom. The van der Waals surface area contributed by atoms with Gasteiger partial charge in [0.2, 0.25) is 5.76 Å². The van der Waals surface area contributed by atoms with Crippen LogP contribution in [0, 0.1) is 6.92 Å². The molecule has 2 aromatic carbocycles. The second kappa shape index (κ2) is 7.62. The molecule has 1 aliphatic heterocycles. The lowest BCUT2D eigenvalue weighted by molar-refractivity contribution is 0.0971. The number of aryl methyl sites for hydroxylation is 1. The van der Waals surface area contributed by atoms with Gasteiger partial charge >= 0.3 is 0 Å². The van der Waals surface area contributed by atoms with Gasteiger partial charge in [-0.1, -0.05) is 28.1 Å². The molecule has 0 spiro atoms. The lowest BCUT2D eigenvalue weighted by Gasteiger charge is -2.22. The number of ether oxygens (including phenoxy) is 1. The zero-order valence-electron chi connectivity index (χ0n) is 16.7. The Morgan fingerprint density at radius 3 is 2.65 bits per heavy atom. The first-order chi connectivity index (χ1) is 15.0. The van der Waals surface area contributed by atoms with E-state index in [1.807, 2.05) is 43.5 Å². The third-order valence-electron chi connectivity index (χ3n) is 5.15. The minimum Gasteiger partial charge on any atom is -0.494 e. The summed E-state index contributed by atoms with van der Waals surface area (Å²) in [5, 5.41) is 2.83. The molecule has 1 amide bonds. The fourth-order valence-corrected chi connectivity index (χ4v) is 5.01. The molecule has 0 aliphatic carbocycles. The van der Waals surface area contributed by atoms with Gasteiger partial charge in [-0.3, -0.25) is 14.5 Å². The van der Waals surface area contributed by atoms with E-state index in [2.05, 4.69) is 20.9 Å². The van der Waals surface area contributed by atoms with Crippen molar-refractivity contribution in [2.24, 2.45) is 0 Å². The third-order valence-corrected chi connectivity index (χ3v) is 6.60. The number of fused-ring (bicyclic) bond motifs is 2. The van der Waals surface area contributed by atoms with Crippen LogP contribution in [0.1, 0.15) is 40.3 Å². The van der Waals surface area contributed by atoms with Crippen molar-refractivity contribution in [1.29, 1.82) is 0 Å². The molecule has 2 aromatic heterocycles. The first kappa shape index (κ1) is 20.0. The van der Waals surface area contributed by atoms with E-state index in [0.717, 1.165) is 21.5 Å². The molecule has 5 rings (SSSR count). The van der Waals surface area contributed by atoms with Crippen molar-refractivity contribution in [3.63, 3.8) is 0 Å². The topological polar surface area (TPSA) is 72.6 Å². The van der Waals surface area contributed by atoms with Crippen molar-refractivity contribution in [1.82, 2.24) is 4.98 Å². The smallest absolute Gasteiger partial charge is 0.297 e. The number of thiazole rings is 1. The van der Waals surface area contributed by atoms with E-state index >= 15 is 0 Å². The average Bonchev–Trinajstić information content (AvgIpc) is 3.31. The van der Waals surface area contributed by atoms with Gasteiger partial charge in [0.05, 0.1) is 29.3 Å². The van der Waals surface area contributed by atoms with Crippen LogP contribution in [-0.4, -0.2) is 17.5 Å². The van der Waals surface area contributed by atoms with Gasteiger partial charge in [0.15, 0.2) is 10.6 Å². The van der Waals surface area contributed by atoms with Gasteiger partial charge in [0, 0.05) is 9.85 Å². The van der Waals surface area contributed by atoms with E-state index in [9.17, 15) is 9.59 Å². The van der Waals surface area contributed by atoms with Crippen LogP contribution in [0.2, 0.25) is 0 Å². The van der Waals surface area contributed by atoms with E-state index in [1.54, 1.807) is 23.1 Å². The maximum absolute atomic E-state index is 13.6. The van der Waals surface area contributed by atoms with Crippen molar-refractivity contribution in [2.45, 2.75) is 19.9 Å². The molecule has 6 nitrogen and oxygen atoms in total. The summed E-state index contributed by atoms with van der Waals surface area (Å²) < 4.78 is 12.3. The number of hydrogen-bond donors (Lipinski definition) is 0. The molecule has 0 saturated carbocycles. The molecule has 156 valence electrons. The number of carbonyl (C=O) groups excluding carboxylic acids is 1. The van der Waals surface area contributed by atoms with Crippen molar-refractivity contribution in [3.8, 4) is 5.75 Å². The predicted molar refractivity (Wildman–Crippen MR) is 123 cm³/mol. The number of aromatic nitrogens is 1. The molecule has 0 fully saturated rings. The van der Waals surface area contributed by atoms with Gasteiger partial charge in [-0.05, 0) is 49.7 Å². The van der Waals surface area contributed by atoms with Gasteiger partial charge in [-0.25, -0.2) is 4.98 Å². The van der Waals surface area contributed by atoms with Gasteiger partial charge in [0.25, 0.3) is 5.91 Å². The minimum atomic E-state index is -0.636. The number of amides is 1. The van der Waals surface area contributed by atoms with Crippen LogP contribution in [0.15, 0.2) is 61.5 Å². The van der Waals surface area contributed by atoms with Crippen LogP contribution in [0.5, 0.6) is 5.75 Å². The van der Waals surface area contributed by atoms with Crippen LogP contribution in [0.3, 0.4) is 0 Å². The Bertz CT molecular complexity index is 1380. The highest BCUT2D eigenvalue weighted by molar-refractivity contribution is 9.10. The Morgan fingerprint density at radius 1 is 1.19 bits per heavy atom. The molecule has 31 heavy (non-hydrogen) atoms. The van der Waals surface area contributed by atoms with E-state index in [0.29, 0.717) is 28.3 Å². The van der Waals surface area contributed by atoms with Crippen LogP contribution < -0.4 is 15.1 Å². The zero-order chi connectivity index (χ0) is 21.7. The van der Waals surface area contributed by atoms with Crippen LogP contribution in [0.4, 0.5) is 5.13 Å². The summed E-state index contributed by atoms with van der Waals surface area (Å²) in [5.74, 6) is 0.415. The zero-order valence-corrected chi connectivity index (χ0v) is 19.1. The molecule has 4 aromatic rings. The van der Waals surface area contributed by atoms with E-state index in [-0.39, 0.29) is 17.1 Å². The fraction of sp³-hybridized carbons (Fsp3) is 0.174. The monoisotopic (exact) mass is 496 g/mol. The van der Waals surface area contributed by atoms with Gasteiger partial charge in [-0.15, -0.1) is 11.3 Å². The van der Waals surface area contributed by atoms with Crippen LogP contribution >= 0.6 is 27.3 Å². The van der Waals surface area contributed by atoms with Crippen molar-refractivity contribution >= 4 is 49.3 Å². The van der Waals surface area contributed by atoms with Gasteiger partial charge in [0.1, 0.15) is 11.3 Å². The average molecular weight is 497 g/mol. The largest absolute Gasteiger partial charge is 0.494 e. The van der Waals surface area contributed by atoms with E-state index in [1.165, 1.54) is 11.3 Å². The fourth-order valence-electron chi connectivity index (χ4n) is 3.82. The van der Waals surface area contributed by atoms with Crippen LogP contribution in [-0.2, 0) is 0 Å². The molecule has 0 radical (unpaired) electrons. The highest BCUT2D eigenvalue weighted by Crippen LogP contribution is 2.42. The second-order valence-corrected chi connectivity index (χ2v) is 8.92. The number of nitrogens with zero attached hydrogens (tertiary/aromatic N) is 2. The third kappa shape index (κ3) is 3.26. The predicted octanol–water partition coefficient (Wildman–Crippen LogP) is 5.47. The summed E-state index contributed by atoms with van der Waals surface area (Å²) in [6.07, 6.45) is 0. The van der Waals surface area contributed by atoms with Gasteiger partial charge < -0.3 is 9.15 Å². The highest BCUT2D eigenvalue weighted by atomic mass is 79.9. The summed E-state index contributed by atoms with van der Waals surface area (Å²) >= 11 is 4.77. The number of carbonyl (C=O) groups is 1. The molecular weight excluding hydrogens is 480 g/mol. The minimum absolute atomic E-state index is 0.0616. The maximum Gasteiger partial charge on any atom is 0.297 e. The molecule has 3 heterocycles. The first-order valence-corrected chi connectivity index (χ1v) is 11.4. The van der Waals surface area contributed by atoms with Crippen molar-refractivity contribution < 1.29 is 13.9 Å². The normalized spacial score (nSPS) is 15.5. The SMILES string of the molecule is CCOc1ccc([C@H]2c3c(oc4ccc(Br)cc4c3=O)C(=O)N2c2nc(C)cs2)cc1. The Hall–Kier alpha value is -2.97. The summed E-state index contributed by atoms with van der Waals surface area (Å²) in [4.78, 5) is 33.1. The Kier molecular flexibility index (Phi) is 4.91. The Balaban J connectivity index is 1.76. The van der Waals surface area contributed by atoms with Crippen LogP contribution in [0.25, 0.3) is 11.0 Å². The quantitative estimate of drug-likeness (QED) is 0.374. The standard InChI is InChI=1S/C23H17BrN2O4S/c1-3-29-15-7-4-13(5-8-15)19-18-20(27)16-10-14(24)6-9-17(16)30-21(18)22(28)26(19)23-25-12(2)11-31-23/h4-11,19H,3H2,1-2H3/t19-/m0/s1. The number of anilines is 1. The van der Waals surface area contributed by atoms with E-state index in [4.69, 9.17) is 9.15 Å². The molecule has 1 aliphatic rings. The molecular formula is C23H17BrN2O4S. The highest BCUT2D eigenvalue weighted by Gasteiger charge is 2.44. The number of rotatable bonds is 4. The van der Waals surface area contributed by atoms with Crippen molar-refractivity contribution in [3.05, 3.63) is 85.1 Å². The molecule has 1 atom stereocenters. The molecule has 0 saturated heterocycles. The lowest BCUT2D eigenvalue weighted by Crippen LogP contribution is -2.29. The van der Waals surface area contributed by atoms with Crippen molar-refractivity contribution in [2.75, 3.05) is 11.5 Å².